The molecule has 4 N–H and O–H groups in total. The van der Waals surface area contributed by atoms with Gasteiger partial charge in [-0.2, -0.15) is 0 Å². The minimum atomic E-state index is -4.82. The summed E-state index contributed by atoms with van der Waals surface area (Å²) in [6, 6.07) is 25.4. The smallest absolute Gasteiger partial charge is 0.481 e. The first-order valence-electron chi connectivity index (χ1n) is 19.6. The van der Waals surface area contributed by atoms with Crippen molar-refractivity contribution in [3.8, 4) is 5.75 Å². The SMILES string of the molecule is CC(C)(C)c1ccc(C(=O)CC(C(=O)O)c2c[nH]c3ccc(C4CCCCC4)cc23)cc1.O=C(CC(C(=O)O)c1c[nH]c2ccccc12)c1ccc(OC(F)(F)F)cc1. The Morgan fingerprint density at radius 2 is 1.19 bits per heavy atom. The first-order valence-corrected chi connectivity index (χ1v) is 19.6. The van der Waals surface area contributed by atoms with Crippen LogP contribution in [0.3, 0.4) is 0 Å². The van der Waals surface area contributed by atoms with Gasteiger partial charge in [-0.3, -0.25) is 19.2 Å². The Hall–Kier alpha value is -6.17. The van der Waals surface area contributed by atoms with Gasteiger partial charge in [0.05, 0.1) is 11.8 Å². The summed E-state index contributed by atoms with van der Waals surface area (Å²) in [5.41, 5.74) is 5.95. The van der Waals surface area contributed by atoms with Crippen LogP contribution in [0.5, 0.6) is 5.75 Å². The van der Waals surface area contributed by atoms with Crippen molar-refractivity contribution >= 4 is 45.3 Å². The van der Waals surface area contributed by atoms with Crippen molar-refractivity contribution in [3.05, 3.63) is 137 Å². The summed E-state index contributed by atoms with van der Waals surface area (Å²) in [4.78, 5) is 55.5. The van der Waals surface area contributed by atoms with E-state index in [2.05, 4.69) is 53.7 Å². The topological polar surface area (TPSA) is 150 Å². The Bertz CT molecular complexity index is 2430. The van der Waals surface area contributed by atoms with Gasteiger partial charge in [0.15, 0.2) is 11.6 Å². The summed E-state index contributed by atoms with van der Waals surface area (Å²) >= 11 is 0. The van der Waals surface area contributed by atoms with Gasteiger partial charge in [0.2, 0.25) is 0 Å². The van der Waals surface area contributed by atoms with E-state index in [0.29, 0.717) is 28.0 Å². The van der Waals surface area contributed by atoms with Crippen LogP contribution in [0.1, 0.15) is 126 Å². The average molecular weight is 809 g/mol. The molecular formula is C47H47F3N2O7. The van der Waals surface area contributed by atoms with Gasteiger partial charge in [0.25, 0.3) is 0 Å². The molecule has 59 heavy (non-hydrogen) atoms. The molecule has 0 radical (unpaired) electrons. The highest BCUT2D eigenvalue weighted by Gasteiger charge is 2.32. The number of aromatic amines is 2. The second kappa shape index (κ2) is 17.8. The highest BCUT2D eigenvalue weighted by Crippen LogP contribution is 2.37. The molecule has 4 aromatic carbocycles. The van der Waals surface area contributed by atoms with Gasteiger partial charge < -0.3 is 24.9 Å². The first kappa shape index (κ1) is 42.4. The molecule has 1 aliphatic carbocycles. The molecule has 0 amide bonds. The number of rotatable bonds is 12. The Morgan fingerprint density at radius 3 is 1.71 bits per heavy atom. The number of fused-ring (bicyclic) bond motifs is 2. The molecule has 2 unspecified atom stereocenters. The van der Waals surface area contributed by atoms with Gasteiger partial charge in [-0.15, -0.1) is 13.2 Å². The maximum atomic E-state index is 13.0. The Balaban J connectivity index is 0.000000201. The predicted molar refractivity (Wildman–Crippen MR) is 219 cm³/mol. The Kier molecular flexibility index (Phi) is 12.8. The number of carbonyl (C=O) groups excluding carboxylic acids is 2. The van der Waals surface area contributed by atoms with E-state index in [-0.39, 0.29) is 29.6 Å². The monoisotopic (exact) mass is 808 g/mol. The molecule has 0 saturated heterocycles. The lowest BCUT2D eigenvalue weighted by Crippen LogP contribution is -2.17. The molecule has 6 aromatic rings. The maximum absolute atomic E-state index is 13.0. The van der Waals surface area contributed by atoms with Crippen LogP contribution < -0.4 is 4.74 Å². The van der Waals surface area contributed by atoms with E-state index in [1.165, 1.54) is 49.8 Å². The molecule has 308 valence electrons. The molecule has 12 heteroatoms. The molecule has 2 atom stereocenters. The van der Waals surface area contributed by atoms with Crippen molar-refractivity contribution in [1.82, 2.24) is 9.97 Å². The van der Waals surface area contributed by atoms with Crippen LogP contribution in [0.4, 0.5) is 13.2 Å². The first-order chi connectivity index (χ1) is 28.0. The third-order valence-electron chi connectivity index (χ3n) is 11.0. The van der Waals surface area contributed by atoms with E-state index in [4.69, 9.17) is 0 Å². The van der Waals surface area contributed by atoms with Gasteiger partial charge in [-0.1, -0.05) is 88.6 Å². The summed E-state index contributed by atoms with van der Waals surface area (Å²) < 4.78 is 40.3. The maximum Gasteiger partial charge on any atom is 0.573 e. The number of halogens is 3. The van der Waals surface area contributed by atoms with Crippen LogP contribution in [0.25, 0.3) is 21.8 Å². The number of para-hydroxylation sites is 1. The van der Waals surface area contributed by atoms with Crippen molar-refractivity contribution in [2.75, 3.05) is 0 Å². The zero-order valence-electron chi connectivity index (χ0n) is 33.1. The standard InChI is InChI=1S/C28H33NO3.C19H14F3NO4/c1-28(2,3)21-12-9-19(10-13-21)26(30)16-23(27(31)32)24-17-29-25-14-11-20(15-22(24)25)18-7-5-4-6-8-18;20-19(21,22)27-12-7-5-11(6-8-12)17(24)9-14(18(25)26)15-10-23-16-4-2-1-3-13(15)16/h9-15,17-18,23,29H,4-8,16H2,1-3H3,(H,31,32);1-8,10,14,23H,9H2,(H,25,26). The lowest BCUT2D eigenvalue weighted by atomic mass is 9.83. The van der Waals surface area contributed by atoms with E-state index < -0.39 is 41.7 Å². The lowest BCUT2D eigenvalue weighted by Gasteiger charge is -2.22. The number of hydrogen-bond acceptors (Lipinski definition) is 5. The highest BCUT2D eigenvalue weighted by atomic mass is 19.4. The second-order valence-electron chi connectivity index (χ2n) is 16.1. The Morgan fingerprint density at radius 1 is 0.678 bits per heavy atom. The Labute approximate surface area is 339 Å². The third kappa shape index (κ3) is 10.5. The van der Waals surface area contributed by atoms with Crippen molar-refractivity contribution in [1.29, 1.82) is 0 Å². The number of H-pyrrole nitrogens is 2. The summed E-state index contributed by atoms with van der Waals surface area (Å²) in [5, 5.41) is 21.2. The minimum absolute atomic E-state index is 0.00522. The molecule has 2 aromatic heterocycles. The summed E-state index contributed by atoms with van der Waals surface area (Å²) in [6.07, 6.45) is 4.31. The summed E-state index contributed by atoms with van der Waals surface area (Å²) in [7, 11) is 0. The summed E-state index contributed by atoms with van der Waals surface area (Å²) in [6.45, 7) is 6.38. The molecule has 1 saturated carbocycles. The number of benzene rings is 4. The fraction of sp³-hybridized carbons (Fsp3) is 0.319. The average Bonchev–Trinajstić information content (AvgIpc) is 3.83. The highest BCUT2D eigenvalue weighted by molar-refractivity contribution is 6.01. The number of ketones is 2. The summed E-state index contributed by atoms with van der Waals surface area (Å²) in [5.74, 6) is -4.63. The molecular weight excluding hydrogens is 762 g/mol. The number of aromatic nitrogens is 2. The van der Waals surface area contributed by atoms with E-state index >= 15 is 0 Å². The van der Waals surface area contributed by atoms with Crippen molar-refractivity contribution < 1.29 is 47.3 Å². The molecule has 0 bridgehead atoms. The van der Waals surface area contributed by atoms with Gasteiger partial charge in [0.1, 0.15) is 5.75 Å². The van der Waals surface area contributed by atoms with Crippen LogP contribution in [-0.2, 0) is 15.0 Å². The molecule has 0 spiro atoms. The second-order valence-corrected chi connectivity index (χ2v) is 16.1. The lowest BCUT2D eigenvalue weighted by molar-refractivity contribution is -0.274. The van der Waals surface area contributed by atoms with Gasteiger partial charge in [-0.05, 0) is 88.9 Å². The van der Waals surface area contributed by atoms with Crippen molar-refractivity contribution in [2.45, 2.75) is 95.2 Å². The number of Topliss-reactive ketones (excluding diaryl/α,β-unsaturated/α-hetero) is 2. The number of carboxylic acids is 2. The number of alkyl halides is 3. The number of aliphatic carboxylic acids is 2. The number of carboxylic acid groups (broad SMARTS) is 2. The van der Waals surface area contributed by atoms with E-state index in [9.17, 15) is 42.6 Å². The van der Waals surface area contributed by atoms with Crippen LogP contribution in [-0.4, -0.2) is 50.0 Å². The fourth-order valence-electron chi connectivity index (χ4n) is 7.79. The number of nitrogens with one attached hydrogen (secondary N) is 2. The van der Waals surface area contributed by atoms with E-state index in [1.54, 1.807) is 36.7 Å². The molecule has 0 aliphatic heterocycles. The quantitative estimate of drug-likeness (QED) is 0.0899. The third-order valence-corrected chi connectivity index (χ3v) is 11.0. The van der Waals surface area contributed by atoms with Crippen molar-refractivity contribution in [3.63, 3.8) is 0 Å². The zero-order valence-corrected chi connectivity index (χ0v) is 33.1. The van der Waals surface area contributed by atoms with E-state index in [1.807, 2.05) is 24.3 Å². The fourth-order valence-corrected chi connectivity index (χ4v) is 7.79. The minimum Gasteiger partial charge on any atom is -0.481 e. The molecule has 2 heterocycles. The molecule has 1 fully saturated rings. The van der Waals surface area contributed by atoms with Crippen molar-refractivity contribution in [2.24, 2.45) is 0 Å². The molecule has 9 nitrogen and oxygen atoms in total. The van der Waals surface area contributed by atoms with Crippen LogP contribution in [0, 0.1) is 0 Å². The van der Waals surface area contributed by atoms with Gasteiger partial charge >= 0.3 is 18.3 Å². The largest absolute Gasteiger partial charge is 0.573 e. The normalized spacial score (nSPS) is 14.6. The van der Waals surface area contributed by atoms with Gasteiger partial charge in [-0.25, -0.2) is 0 Å². The zero-order chi connectivity index (χ0) is 42.5. The van der Waals surface area contributed by atoms with E-state index in [0.717, 1.165) is 34.1 Å². The van der Waals surface area contributed by atoms with Crippen LogP contribution >= 0.6 is 0 Å². The molecule has 1 aliphatic rings. The predicted octanol–water partition coefficient (Wildman–Crippen LogP) is 11.5. The molecule has 7 rings (SSSR count). The number of carbonyl (C=O) groups is 4. The van der Waals surface area contributed by atoms with Crippen LogP contribution in [0.15, 0.2) is 103 Å². The number of hydrogen-bond donors (Lipinski definition) is 4. The van der Waals surface area contributed by atoms with Gasteiger partial charge in [0, 0.05) is 58.2 Å². The number of ether oxygens (including phenoxy) is 1. The van der Waals surface area contributed by atoms with Crippen LogP contribution in [0.2, 0.25) is 0 Å².